The Balaban J connectivity index is 0.000000265. The van der Waals surface area contributed by atoms with E-state index >= 15 is 0 Å². The third kappa shape index (κ3) is 14.1. The zero-order chi connectivity index (χ0) is 49.9. The molecule has 6 rings (SSSR count). The minimum Gasteiger partial charge on any atom is -0.543 e. The monoisotopic (exact) mass is 948 g/mol. The molecule has 68 heavy (non-hydrogen) atoms. The SMILES string of the molecule is COC(=O)CC(Cc1ccc(OC)c(OC)c1)[C@H]1[NH2+]CCc2cc(OC)c(OC)cc21.COC(=O)CC(Cc1ccc(OC)c(OC)c1)[C@H]1[NH2+]CCc2cc(OC)c(OC)cc21.O=C([O-])C(=O)[O-]. The van der Waals surface area contributed by atoms with Gasteiger partial charge in [-0.3, -0.25) is 9.59 Å². The molecule has 2 aliphatic rings. The summed E-state index contributed by atoms with van der Waals surface area (Å²) in [6.45, 7) is 1.88. The molecule has 2 aliphatic heterocycles. The van der Waals surface area contributed by atoms with Crippen LogP contribution in [0.4, 0.5) is 0 Å². The Kier molecular flexibility index (Phi) is 20.9. The predicted molar refractivity (Wildman–Crippen MR) is 242 cm³/mol. The first-order chi connectivity index (χ1) is 32.7. The van der Waals surface area contributed by atoms with Crippen LogP contribution in [-0.2, 0) is 54.3 Å². The van der Waals surface area contributed by atoms with Gasteiger partial charge < -0.3 is 77.8 Å². The lowest BCUT2D eigenvalue weighted by atomic mass is 9.81. The fourth-order valence-electron chi connectivity index (χ4n) is 8.78. The number of esters is 2. The smallest absolute Gasteiger partial charge is 0.306 e. The molecule has 0 saturated heterocycles. The minimum absolute atomic E-state index is 0.0303. The highest BCUT2D eigenvalue weighted by Crippen LogP contribution is 2.40. The van der Waals surface area contributed by atoms with Crippen molar-refractivity contribution in [1.29, 1.82) is 0 Å². The van der Waals surface area contributed by atoms with E-state index in [0.29, 0.717) is 60.2 Å². The second-order valence-electron chi connectivity index (χ2n) is 15.9. The molecule has 370 valence electrons. The van der Waals surface area contributed by atoms with Crippen LogP contribution in [0.1, 0.15) is 58.3 Å². The molecule has 0 spiro atoms. The van der Waals surface area contributed by atoms with Crippen LogP contribution >= 0.6 is 0 Å². The van der Waals surface area contributed by atoms with Gasteiger partial charge in [0.15, 0.2) is 46.0 Å². The molecule has 0 fully saturated rings. The van der Waals surface area contributed by atoms with Gasteiger partial charge in [0.2, 0.25) is 0 Å². The highest BCUT2D eigenvalue weighted by Gasteiger charge is 2.36. The summed E-state index contributed by atoms with van der Waals surface area (Å²) in [5, 5.41) is 22.5. The lowest BCUT2D eigenvalue weighted by Gasteiger charge is -2.31. The van der Waals surface area contributed by atoms with Crippen molar-refractivity contribution in [3.05, 3.63) is 94.0 Å². The van der Waals surface area contributed by atoms with Crippen LogP contribution in [0.25, 0.3) is 0 Å². The van der Waals surface area contributed by atoms with Crippen molar-refractivity contribution >= 4 is 23.9 Å². The summed E-state index contributed by atoms with van der Waals surface area (Å²) in [7, 11) is 15.9. The summed E-state index contributed by atoms with van der Waals surface area (Å²) in [5.74, 6) is 0.830. The minimum atomic E-state index is -2.19. The van der Waals surface area contributed by atoms with E-state index < -0.39 is 11.9 Å². The molecule has 4 aromatic carbocycles. The van der Waals surface area contributed by atoms with Gasteiger partial charge in [-0.05, 0) is 83.6 Å². The van der Waals surface area contributed by atoms with E-state index in [1.165, 1.54) is 36.5 Å². The summed E-state index contributed by atoms with van der Waals surface area (Å²) in [6, 6.07) is 20.2. The Bertz CT molecular complexity index is 2170. The van der Waals surface area contributed by atoms with E-state index in [4.69, 9.17) is 67.2 Å². The normalized spacial score (nSPS) is 15.3. The third-order valence-corrected chi connectivity index (χ3v) is 12.1. The lowest BCUT2D eigenvalue weighted by Crippen LogP contribution is -2.88. The Labute approximate surface area is 397 Å². The van der Waals surface area contributed by atoms with Gasteiger partial charge in [-0.2, -0.15) is 0 Å². The van der Waals surface area contributed by atoms with Crippen LogP contribution in [0.15, 0.2) is 60.7 Å². The topological polar surface area (TPSA) is 240 Å². The predicted octanol–water partition coefficient (Wildman–Crippen LogP) is 1.09. The van der Waals surface area contributed by atoms with Crippen LogP contribution in [0.5, 0.6) is 46.0 Å². The first-order valence-electron chi connectivity index (χ1n) is 21.9. The van der Waals surface area contributed by atoms with Crippen LogP contribution in [-0.4, -0.2) is 108 Å². The molecule has 18 nitrogen and oxygen atoms in total. The molecule has 4 N–H and O–H groups in total. The molecule has 2 heterocycles. The highest BCUT2D eigenvalue weighted by molar-refractivity contribution is 6.25. The number of hydrogen-bond donors (Lipinski definition) is 2. The van der Waals surface area contributed by atoms with E-state index in [2.05, 4.69) is 22.8 Å². The van der Waals surface area contributed by atoms with E-state index in [9.17, 15) is 9.59 Å². The number of methoxy groups -OCH3 is 10. The van der Waals surface area contributed by atoms with E-state index in [-0.39, 0.29) is 35.9 Å². The molecule has 18 heteroatoms. The van der Waals surface area contributed by atoms with Crippen molar-refractivity contribution in [2.75, 3.05) is 84.2 Å². The van der Waals surface area contributed by atoms with E-state index in [1.807, 2.05) is 48.5 Å². The Morgan fingerprint density at radius 3 is 1.07 bits per heavy atom. The van der Waals surface area contributed by atoms with Crippen LogP contribution in [0, 0.1) is 11.8 Å². The van der Waals surface area contributed by atoms with Gasteiger partial charge in [-0.15, -0.1) is 0 Å². The number of hydrogen-bond acceptors (Lipinski definition) is 16. The van der Waals surface area contributed by atoms with Gasteiger partial charge >= 0.3 is 11.9 Å². The number of carboxylic acid groups (broad SMARTS) is 2. The number of carbonyl (C=O) groups is 4. The average molecular weight is 949 g/mol. The summed E-state index contributed by atoms with van der Waals surface area (Å²) in [6.07, 6.45) is 3.91. The Morgan fingerprint density at radius 1 is 0.471 bits per heavy atom. The lowest BCUT2D eigenvalue weighted by molar-refractivity contribution is -0.706. The standard InChI is InChI=1S/2C24H31NO6.C2H2O4/c2*1-27-19-7-6-15(11-20(19)28-2)10-17(13-23(26)31-5)24-18-14-22(30-4)21(29-3)12-16(18)8-9-25-24;3-1(4)2(5)6/h2*6-7,11-12,14,17,24-25H,8-10,13H2,1-5H3;(H,3,4)(H,5,6)/t2*17?,24-;/m11./s1. The average Bonchev–Trinajstić information content (AvgIpc) is 3.36. The van der Waals surface area contributed by atoms with Gasteiger partial charge in [-0.1, -0.05) is 12.1 Å². The van der Waals surface area contributed by atoms with Gasteiger partial charge in [0.25, 0.3) is 0 Å². The molecule has 4 atom stereocenters. The van der Waals surface area contributed by atoms with Crippen molar-refractivity contribution in [3.8, 4) is 46.0 Å². The van der Waals surface area contributed by atoms with E-state index in [1.54, 1.807) is 56.9 Å². The first-order valence-corrected chi connectivity index (χ1v) is 21.9. The summed E-state index contributed by atoms with van der Waals surface area (Å²) < 4.78 is 53.7. The number of ether oxygens (including phenoxy) is 10. The summed E-state index contributed by atoms with van der Waals surface area (Å²) in [5.41, 5.74) is 6.97. The van der Waals surface area contributed by atoms with Crippen LogP contribution < -0.4 is 58.7 Å². The summed E-state index contributed by atoms with van der Waals surface area (Å²) in [4.78, 5) is 42.4. The number of rotatable bonds is 18. The molecule has 0 aliphatic carbocycles. The molecule has 4 aromatic rings. The number of nitrogens with two attached hydrogens (primary N) is 2. The number of carbonyl (C=O) groups excluding carboxylic acids is 4. The van der Waals surface area contributed by atoms with Crippen LogP contribution in [0.3, 0.4) is 0 Å². The molecule has 0 bridgehead atoms. The quantitative estimate of drug-likeness (QED) is 0.105. The maximum atomic E-state index is 12.3. The van der Waals surface area contributed by atoms with Crippen molar-refractivity contribution in [1.82, 2.24) is 0 Å². The molecule has 0 aromatic heterocycles. The molecule has 0 radical (unpaired) electrons. The second kappa shape index (κ2) is 26.4. The van der Waals surface area contributed by atoms with Crippen LogP contribution in [0.2, 0.25) is 0 Å². The number of carboxylic acids is 2. The Hall–Kier alpha value is -6.92. The summed E-state index contributed by atoms with van der Waals surface area (Å²) >= 11 is 0. The van der Waals surface area contributed by atoms with Crippen molar-refractivity contribution in [2.24, 2.45) is 11.8 Å². The zero-order valence-corrected chi connectivity index (χ0v) is 40.4. The molecular weight excluding hydrogens is 885 g/mol. The number of aliphatic carboxylic acids is 2. The molecule has 0 saturated carbocycles. The number of fused-ring (bicyclic) bond motifs is 2. The molecular formula is C50H64N2O16. The van der Waals surface area contributed by atoms with Crippen molar-refractivity contribution in [3.63, 3.8) is 0 Å². The maximum Gasteiger partial charge on any atom is 0.306 e. The third-order valence-electron chi connectivity index (χ3n) is 12.1. The van der Waals surface area contributed by atoms with Gasteiger partial charge in [-0.25, -0.2) is 0 Å². The fraction of sp³-hybridized carbons (Fsp3) is 0.440. The zero-order valence-electron chi connectivity index (χ0n) is 40.4. The van der Waals surface area contributed by atoms with Crippen molar-refractivity contribution in [2.45, 2.75) is 50.6 Å². The largest absolute Gasteiger partial charge is 0.543 e. The maximum absolute atomic E-state index is 12.3. The van der Waals surface area contributed by atoms with E-state index in [0.717, 1.165) is 48.6 Å². The number of quaternary nitrogens is 2. The second-order valence-corrected chi connectivity index (χ2v) is 15.9. The van der Waals surface area contributed by atoms with Crippen molar-refractivity contribution < 1.29 is 87.4 Å². The first kappa shape index (κ1) is 53.7. The molecule has 0 amide bonds. The highest BCUT2D eigenvalue weighted by atomic mass is 16.5. The Morgan fingerprint density at radius 2 is 0.779 bits per heavy atom. The van der Waals surface area contributed by atoms with Gasteiger partial charge in [0.05, 0.1) is 109 Å². The van der Waals surface area contributed by atoms with Gasteiger partial charge in [0, 0.05) is 35.8 Å². The molecule has 2 unspecified atom stereocenters. The fourth-order valence-corrected chi connectivity index (χ4v) is 8.78. The number of benzene rings is 4. The van der Waals surface area contributed by atoms with Gasteiger partial charge in [0.1, 0.15) is 12.1 Å².